The second kappa shape index (κ2) is 7.07. The molecule has 1 aromatic heterocycles. The molecule has 2 rings (SSSR count). The van der Waals surface area contributed by atoms with Gasteiger partial charge in [-0.15, -0.1) is 22.0 Å². The Labute approximate surface area is 136 Å². The van der Waals surface area contributed by atoms with Crippen molar-refractivity contribution in [3.63, 3.8) is 0 Å². The first-order valence-electron chi connectivity index (χ1n) is 6.28. The van der Waals surface area contributed by atoms with Gasteiger partial charge < -0.3 is 5.32 Å². The number of thioether (sulfide) groups is 1. The summed E-state index contributed by atoms with van der Waals surface area (Å²) in [5.74, 6) is 0.488. The molecule has 0 fully saturated rings. The monoisotopic (exact) mass is 358 g/mol. The zero-order valence-corrected chi connectivity index (χ0v) is 14.3. The molecule has 118 valence electrons. The van der Waals surface area contributed by atoms with Crippen molar-refractivity contribution in [2.45, 2.75) is 23.1 Å². The van der Waals surface area contributed by atoms with E-state index in [1.54, 1.807) is 12.1 Å². The van der Waals surface area contributed by atoms with Crippen molar-refractivity contribution >= 4 is 49.8 Å². The summed E-state index contributed by atoms with van der Waals surface area (Å²) in [6.45, 7) is 3.30. The molecule has 0 spiro atoms. The van der Waals surface area contributed by atoms with Gasteiger partial charge in [-0.25, -0.2) is 0 Å². The van der Waals surface area contributed by atoms with Gasteiger partial charge in [0, 0.05) is 11.8 Å². The van der Waals surface area contributed by atoms with E-state index in [0.717, 1.165) is 22.0 Å². The topological polar surface area (TPSA) is 101 Å². The summed E-state index contributed by atoms with van der Waals surface area (Å²) in [6, 6.07) is 7.12. The fourth-order valence-electron chi connectivity index (χ4n) is 1.54. The number of hydrogen-bond donors (Lipinski definition) is 2. The van der Waals surface area contributed by atoms with E-state index in [9.17, 15) is 13.2 Å². The second-order valence-corrected chi connectivity index (χ2v) is 8.23. The minimum Gasteiger partial charge on any atom is -0.301 e. The lowest BCUT2D eigenvalue weighted by molar-refractivity contribution is -0.114. The number of benzene rings is 1. The van der Waals surface area contributed by atoms with E-state index in [2.05, 4.69) is 20.2 Å². The van der Waals surface area contributed by atoms with Gasteiger partial charge in [-0.05, 0) is 17.9 Å². The Hall–Kier alpha value is -1.65. The lowest BCUT2D eigenvalue weighted by Crippen LogP contribution is -2.13. The number of rotatable bonds is 6. The Morgan fingerprint density at radius 2 is 2.05 bits per heavy atom. The maximum Gasteiger partial charge on any atom is 0.291 e. The predicted molar refractivity (Wildman–Crippen MR) is 87.9 cm³/mol. The number of hydrogen-bond acceptors (Lipinski definition) is 7. The summed E-state index contributed by atoms with van der Waals surface area (Å²) in [5.41, 5.74) is 0.491. The molecule has 0 aliphatic heterocycles. The van der Waals surface area contributed by atoms with Crippen LogP contribution in [-0.4, -0.2) is 30.3 Å². The van der Waals surface area contributed by atoms with Gasteiger partial charge in [-0.3, -0.25) is 9.52 Å². The van der Waals surface area contributed by atoms with E-state index >= 15 is 0 Å². The van der Waals surface area contributed by atoms with Crippen LogP contribution in [0.3, 0.4) is 0 Å². The van der Waals surface area contributed by atoms with Crippen molar-refractivity contribution in [1.82, 2.24) is 10.2 Å². The van der Waals surface area contributed by atoms with Crippen LogP contribution in [0.4, 0.5) is 10.8 Å². The van der Waals surface area contributed by atoms with Crippen LogP contribution in [0, 0.1) is 0 Å². The van der Waals surface area contributed by atoms with Crippen LogP contribution in [0.15, 0.2) is 33.5 Å². The number of nitrogens with zero attached hydrogens (tertiary/aromatic N) is 2. The number of nitrogens with one attached hydrogen (secondary N) is 2. The highest BCUT2D eigenvalue weighted by Gasteiger charge is 2.21. The summed E-state index contributed by atoms with van der Waals surface area (Å²) in [7, 11) is -3.84. The number of aromatic nitrogens is 2. The Kier molecular flexibility index (Phi) is 5.37. The third kappa shape index (κ3) is 4.18. The Morgan fingerprint density at radius 3 is 2.73 bits per heavy atom. The molecule has 1 amide bonds. The van der Waals surface area contributed by atoms with Crippen LogP contribution in [0.5, 0.6) is 0 Å². The standard InChI is InChI=1S/C12H14N4O3S3/c1-3-20-10-7-5-4-6-9(10)16-22(18,19)12-15-14-11(21-12)13-8(2)17/h4-7,16H,3H2,1-2H3,(H,13,14,17). The zero-order chi connectivity index (χ0) is 16.2. The quantitative estimate of drug-likeness (QED) is 0.607. The molecule has 22 heavy (non-hydrogen) atoms. The molecular weight excluding hydrogens is 344 g/mol. The summed E-state index contributed by atoms with van der Waals surface area (Å²) < 4.78 is 27.0. The van der Waals surface area contributed by atoms with Gasteiger partial charge in [0.2, 0.25) is 11.0 Å². The SMILES string of the molecule is CCSc1ccccc1NS(=O)(=O)c1nnc(NC(C)=O)s1. The minimum atomic E-state index is -3.84. The molecule has 2 N–H and O–H groups in total. The molecule has 2 aromatic rings. The van der Waals surface area contributed by atoms with Crippen molar-refractivity contribution in [3.8, 4) is 0 Å². The molecule has 7 nitrogen and oxygen atoms in total. The van der Waals surface area contributed by atoms with Crippen LogP contribution in [-0.2, 0) is 14.8 Å². The van der Waals surface area contributed by atoms with Crippen LogP contribution in [0.2, 0.25) is 0 Å². The molecule has 0 radical (unpaired) electrons. The highest BCUT2D eigenvalue weighted by Crippen LogP contribution is 2.29. The summed E-state index contributed by atoms with van der Waals surface area (Å²) >= 11 is 2.33. The van der Waals surface area contributed by atoms with E-state index in [4.69, 9.17) is 0 Å². The first-order chi connectivity index (χ1) is 10.4. The highest BCUT2D eigenvalue weighted by atomic mass is 32.2. The van der Waals surface area contributed by atoms with Gasteiger partial charge in [-0.2, -0.15) is 8.42 Å². The molecule has 0 aliphatic rings. The molecule has 0 unspecified atom stereocenters. The van der Waals surface area contributed by atoms with Crippen LogP contribution in [0.1, 0.15) is 13.8 Å². The average Bonchev–Trinajstić information content (AvgIpc) is 2.89. The fraction of sp³-hybridized carbons (Fsp3) is 0.250. The number of anilines is 2. The van der Waals surface area contributed by atoms with Crippen LogP contribution >= 0.6 is 23.1 Å². The lowest BCUT2D eigenvalue weighted by Gasteiger charge is -2.09. The van der Waals surface area contributed by atoms with E-state index in [0.29, 0.717) is 5.69 Å². The summed E-state index contributed by atoms with van der Waals surface area (Å²) in [5, 5.41) is 9.79. The van der Waals surface area contributed by atoms with Gasteiger partial charge in [0.05, 0.1) is 5.69 Å². The number of para-hydroxylation sites is 1. The molecule has 0 atom stereocenters. The summed E-state index contributed by atoms with van der Waals surface area (Å²) in [4.78, 5) is 11.8. The van der Waals surface area contributed by atoms with E-state index in [1.165, 1.54) is 18.7 Å². The maximum absolute atomic E-state index is 12.3. The number of carbonyl (C=O) groups excluding carboxylic acids is 1. The van der Waals surface area contributed by atoms with E-state index in [-0.39, 0.29) is 15.4 Å². The highest BCUT2D eigenvalue weighted by molar-refractivity contribution is 7.99. The molecule has 0 saturated heterocycles. The van der Waals surface area contributed by atoms with E-state index < -0.39 is 10.0 Å². The number of sulfonamides is 1. The first-order valence-corrected chi connectivity index (χ1v) is 9.56. The van der Waals surface area contributed by atoms with Crippen molar-refractivity contribution < 1.29 is 13.2 Å². The second-order valence-electron chi connectivity index (χ2n) is 4.09. The van der Waals surface area contributed by atoms with Gasteiger partial charge >= 0.3 is 0 Å². The van der Waals surface area contributed by atoms with Gasteiger partial charge in [0.25, 0.3) is 14.4 Å². The molecule has 10 heteroatoms. The van der Waals surface area contributed by atoms with Crippen molar-refractivity contribution in [1.29, 1.82) is 0 Å². The zero-order valence-electron chi connectivity index (χ0n) is 11.9. The smallest absolute Gasteiger partial charge is 0.291 e. The van der Waals surface area contributed by atoms with Crippen LogP contribution in [0.25, 0.3) is 0 Å². The number of carbonyl (C=O) groups is 1. The Balaban J connectivity index is 2.24. The molecular formula is C12H14N4O3S3. The van der Waals surface area contributed by atoms with Crippen molar-refractivity contribution in [2.24, 2.45) is 0 Å². The largest absolute Gasteiger partial charge is 0.301 e. The Morgan fingerprint density at radius 1 is 1.32 bits per heavy atom. The van der Waals surface area contributed by atoms with Gasteiger partial charge in [-0.1, -0.05) is 30.4 Å². The average molecular weight is 358 g/mol. The molecule has 1 heterocycles. The maximum atomic E-state index is 12.3. The molecule has 0 aliphatic carbocycles. The Bertz CT molecular complexity index is 773. The molecule has 0 bridgehead atoms. The number of amides is 1. The van der Waals surface area contributed by atoms with Crippen molar-refractivity contribution in [2.75, 3.05) is 15.8 Å². The third-order valence-electron chi connectivity index (χ3n) is 2.35. The first kappa shape index (κ1) is 16.7. The van der Waals surface area contributed by atoms with Crippen molar-refractivity contribution in [3.05, 3.63) is 24.3 Å². The molecule has 0 saturated carbocycles. The van der Waals surface area contributed by atoms with Gasteiger partial charge in [0.15, 0.2) is 0 Å². The van der Waals surface area contributed by atoms with Crippen LogP contribution < -0.4 is 10.0 Å². The minimum absolute atomic E-state index is 0.143. The predicted octanol–water partition coefficient (Wildman–Crippen LogP) is 2.41. The lowest BCUT2D eigenvalue weighted by atomic mass is 10.3. The summed E-state index contributed by atoms with van der Waals surface area (Å²) in [6.07, 6.45) is 0. The normalized spacial score (nSPS) is 11.2. The van der Waals surface area contributed by atoms with Gasteiger partial charge in [0.1, 0.15) is 0 Å². The molecule has 1 aromatic carbocycles. The van der Waals surface area contributed by atoms with E-state index in [1.807, 2.05) is 19.1 Å². The fourth-order valence-corrected chi connectivity index (χ4v) is 4.39. The third-order valence-corrected chi connectivity index (χ3v) is 5.88.